The predicted octanol–water partition coefficient (Wildman–Crippen LogP) is 4.10. The van der Waals surface area contributed by atoms with Crippen molar-refractivity contribution in [3.05, 3.63) is 48.0 Å². The third-order valence-electron chi connectivity index (χ3n) is 2.95. The number of hydrogen-bond acceptors (Lipinski definition) is 3. The van der Waals surface area contributed by atoms with E-state index in [-0.39, 0.29) is 6.01 Å². The smallest absolute Gasteiger partial charge is 0.416 e. The summed E-state index contributed by atoms with van der Waals surface area (Å²) in [5.41, 5.74) is 7.30. The molecule has 3 rings (SSSR count). The van der Waals surface area contributed by atoms with Crippen LogP contribution in [0.1, 0.15) is 5.56 Å². The first-order chi connectivity index (χ1) is 9.43. The Morgan fingerprint density at radius 2 is 1.60 bits per heavy atom. The van der Waals surface area contributed by atoms with Crippen LogP contribution in [0, 0.1) is 0 Å². The van der Waals surface area contributed by atoms with Crippen LogP contribution < -0.4 is 5.73 Å². The molecule has 0 amide bonds. The van der Waals surface area contributed by atoms with Crippen molar-refractivity contribution in [2.24, 2.45) is 0 Å². The number of nitrogens with two attached hydrogens (primary N) is 1. The predicted molar refractivity (Wildman–Crippen MR) is 68.9 cm³/mol. The summed E-state index contributed by atoms with van der Waals surface area (Å²) < 4.78 is 42.6. The molecule has 0 atom stereocenters. The quantitative estimate of drug-likeness (QED) is 0.729. The number of oxazole rings is 1. The van der Waals surface area contributed by atoms with Crippen LogP contribution in [0.4, 0.5) is 19.2 Å². The van der Waals surface area contributed by atoms with E-state index in [1.54, 1.807) is 18.2 Å². The monoisotopic (exact) mass is 278 g/mol. The average Bonchev–Trinajstić information content (AvgIpc) is 2.77. The molecule has 0 aliphatic heterocycles. The van der Waals surface area contributed by atoms with Crippen LogP contribution >= 0.6 is 0 Å². The van der Waals surface area contributed by atoms with Crippen molar-refractivity contribution in [1.82, 2.24) is 4.98 Å². The minimum Gasteiger partial charge on any atom is -0.424 e. The molecule has 0 fully saturated rings. The van der Waals surface area contributed by atoms with E-state index >= 15 is 0 Å². The van der Waals surface area contributed by atoms with Crippen molar-refractivity contribution < 1.29 is 17.6 Å². The number of halogens is 3. The van der Waals surface area contributed by atoms with Crippen molar-refractivity contribution in [1.29, 1.82) is 0 Å². The minimum atomic E-state index is -4.33. The summed E-state index contributed by atoms with van der Waals surface area (Å²) in [6, 6.07) is 10.2. The van der Waals surface area contributed by atoms with Gasteiger partial charge in [0.15, 0.2) is 5.58 Å². The summed E-state index contributed by atoms with van der Waals surface area (Å²) in [4.78, 5) is 3.99. The molecule has 3 nitrogen and oxygen atoms in total. The second-order valence-electron chi connectivity index (χ2n) is 4.31. The number of nitrogen functional groups attached to an aromatic ring is 1. The molecule has 102 valence electrons. The highest BCUT2D eigenvalue weighted by atomic mass is 19.4. The van der Waals surface area contributed by atoms with Crippen molar-refractivity contribution in [3.63, 3.8) is 0 Å². The first kappa shape index (κ1) is 12.5. The van der Waals surface area contributed by atoms with Crippen LogP contribution in [0.25, 0.3) is 22.2 Å². The summed E-state index contributed by atoms with van der Waals surface area (Å²) in [6.07, 6.45) is -4.33. The van der Waals surface area contributed by atoms with E-state index in [2.05, 4.69) is 4.98 Å². The largest absolute Gasteiger partial charge is 0.424 e. The molecular weight excluding hydrogens is 269 g/mol. The minimum absolute atomic E-state index is 0.0598. The van der Waals surface area contributed by atoms with E-state index in [4.69, 9.17) is 10.2 Å². The SMILES string of the molecule is Nc1nc2cc(-c3ccc(C(F)(F)F)cc3)ccc2o1. The van der Waals surface area contributed by atoms with Gasteiger partial charge in [0.1, 0.15) is 5.52 Å². The summed E-state index contributed by atoms with van der Waals surface area (Å²) in [5.74, 6) is 0. The van der Waals surface area contributed by atoms with Gasteiger partial charge in [-0.2, -0.15) is 18.2 Å². The molecule has 2 aromatic carbocycles. The third kappa shape index (κ3) is 2.20. The fourth-order valence-corrected chi connectivity index (χ4v) is 1.98. The Hall–Kier alpha value is -2.50. The van der Waals surface area contributed by atoms with E-state index in [0.29, 0.717) is 16.7 Å². The number of aromatic nitrogens is 1. The maximum atomic E-state index is 12.5. The topological polar surface area (TPSA) is 52.0 Å². The molecule has 0 bridgehead atoms. The van der Waals surface area contributed by atoms with Gasteiger partial charge in [0.05, 0.1) is 5.56 Å². The van der Waals surface area contributed by atoms with E-state index in [9.17, 15) is 13.2 Å². The van der Waals surface area contributed by atoms with Gasteiger partial charge in [0.2, 0.25) is 0 Å². The lowest BCUT2D eigenvalue weighted by Gasteiger charge is -2.07. The van der Waals surface area contributed by atoms with Gasteiger partial charge >= 0.3 is 6.18 Å². The number of fused-ring (bicyclic) bond motifs is 1. The lowest BCUT2D eigenvalue weighted by Crippen LogP contribution is -2.03. The van der Waals surface area contributed by atoms with Gasteiger partial charge in [-0.15, -0.1) is 0 Å². The molecule has 0 aliphatic carbocycles. The van der Waals surface area contributed by atoms with Gasteiger partial charge in [-0.1, -0.05) is 18.2 Å². The van der Waals surface area contributed by atoms with Crippen LogP contribution in [0.3, 0.4) is 0 Å². The Kier molecular flexibility index (Phi) is 2.67. The normalized spacial score (nSPS) is 11.9. The van der Waals surface area contributed by atoms with Gasteiger partial charge < -0.3 is 10.2 Å². The summed E-state index contributed by atoms with van der Waals surface area (Å²) in [5, 5.41) is 0. The van der Waals surface area contributed by atoms with Crippen LogP contribution in [0.2, 0.25) is 0 Å². The first-order valence-corrected chi connectivity index (χ1v) is 5.77. The lowest BCUT2D eigenvalue weighted by molar-refractivity contribution is -0.137. The van der Waals surface area contributed by atoms with Crippen molar-refractivity contribution in [2.45, 2.75) is 6.18 Å². The highest BCUT2D eigenvalue weighted by Gasteiger charge is 2.29. The molecule has 0 unspecified atom stereocenters. The molecule has 2 N–H and O–H groups in total. The molecule has 0 saturated heterocycles. The second-order valence-corrected chi connectivity index (χ2v) is 4.31. The molecular formula is C14H9F3N2O. The molecule has 20 heavy (non-hydrogen) atoms. The number of anilines is 1. The first-order valence-electron chi connectivity index (χ1n) is 5.77. The Morgan fingerprint density at radius 3 is 2.25 bits per heavy atom. The molecule has 6 heteroatoms. The summed E-state index contributed by atoms with van der Waals surface area (Å²) in [6.45, 7) is 0. The third-order valence-corrected chi connectivity index (χ3v) is 2.95. The summed E-state index contributed by atoms with van der Waals surface area (Å²) in [7, 11) is 0. The van der Waals surface area contributed by atoms with Gasteiger partial charge in [-0.25, -0.2) is 0 Å². The van der Waals surface area contributed by atoms with Gasteiger partial charge in [-0.05, 0) is 35.4 Å². The fraction of sp³-hybridized carbons (Fsp3) is 0.0714. The van der Waals surface area contributed by atoms with Crippen molar-refractivity contribution in [2.75, 3.05) is 5.73 Å². The molecule has 1 aromatic heterocycles. The van der Waals surface area contributed by atoms with Gasteiger partial charge in [-0.3, -0.25) is 0 Å². The van der Waals surface area contributed by atoms with Gasteiger partial charge in [0.25, 0.3) is 6.01 Å². The molecule has 0 radical (unpaired) electrons. The zero-order valence-corrected chi connectivity index (χ0v) is 10.1. The van der Waals surface area contributed by atoms with Crippen LogP contribution in [0.15, 0.2) is 46.9 Å². The highest BCUT2D eigenvalue weighted by molar-refractivity contribution is 5.81. The standard InChI is InChI=1S/C14H9F3N2O/c15-14(16,17)10-4-1-8(2-5-10)9-3-6-12-11(7-9)19-13(18)20-12/h1-7H,(H2,18,19). The van der Waals surface area contributed by atoms with E-state index in [0.717, 1.165) is 17.7 Å². The highest BCUT2D eigenvalue weighted by Crippen LogP contribution is 2.31. The average molecular weight is 278 g/mol. The number of benzene rings is 2. The van der Waals surface area contributed by atoms with Crippen LogP contribution in [-0.4, -0.2) is 4.98 Å². The Morgan fingerprint density at radius 1 is 0.950 bits per heavy atom. The molecule has 1 heterocycles. The Balaban J connectivity index is 2.02. The fourth-order valence-electron chi connectivity index (χ4n) is 1.98. The molecule has 3 aromatic rings. The lowest BCUT2D eigenvalue weighted by atomic mass is 10.0. The maximum Gasteiger partial charge on any atom is 0.416 e. The molecule has 0 aliphatic rings. The zero-order chi connectivity index (χ0) is 14.3. The van der Waals surface area contributed by atoms with E-state index < -0.39 is 11.7 Å². The maximum absolute atomic E-state index is 12.5. The van der Waals surface area contributed by atoms with Crippen LogP contribution in [-0.2, 0) is 6.18 Å². The second kappa shape index (κ2) is 4.26. The number of alkyl halides is 3. The Bertz CT molecular complexity index is 760. The van der Waals surface area contributed by atoms with Gasteiger partial charge in [0, 0.05) is 0 Å². The zero-order valence-electron chi connectivity index (χ0n) is 10.1. The molecule has 0 spiro atoms. The number of rotatable bonds is 1. The van der Waals surface area contributed by atoms with Crippen molar-refractivity contribution >= 4 is 17.1 Å². The van der Waals surface area contributed by atoms with E-state index in [1.165, 1.54) is 12.1 Å². The van der Waals surface area contributed by atoms with Crippen molar-refractivity contribution in [3.8, 4) is 11.1 Å². The molecule has 0 saturated carbocycles. The van der Waals surface area contributed by atoms with Crippen LogP contribution in [0.5, 0.6) is 0 Å². The summed E-state index contributed by atoms with van der Waals surface area (Å²) >= 11 is 0. The number of hydrogen-bond donors (Lipinski definition) is 1. The number of nitrogens with zero attached hydrogens (tertiary/aromatic N) is 1. The van der Waals surface area contributed by atoms with E-state index in [1.807, 2.05) is 0 Å². The Labute approximate surface area is 111 Å².